The third kappa shape index (κ3) is 5.32. The van der Waals surface area contributed by atoms with Gasteiger partial charge >= 0.3 is 0 Å². The number of hydrogen-bond acceptors (Lipinski definition) is 6. The summed E-state index contributed by atoms with van der Waals surface area (Å²) in [5.74, 6) is 0.601. The van der Waals surface area contributed by atoms with Crippen LogP contribution in [0.25, 0.3) is 11.0 Å². The summed E-state index contributed by atoms with van der Waals surface area (Å²) in [7, 11) is -3.63. The highest BCUT2D eigenvalue weighted by molar-refractivity contribution is 7.89. The molecule has 3 rings (SSSR count). The fourth-order valence-electron chi connectivity index (χ4n) is 3.95. The van der Waals surface area contributed by atoms with Gasteiger partial charge in [0.1, 0.15) is 15.9 Å². The minimum atomic E-state index is -3.63. The molecule has 1 aliphatic carbocycles. The third-order valence-corrected chi connectivity index (χ3v) is 7.77. The lowest BCUT2D eigenvalue weighted by molar-refractivity contribution is -0.136. The molecule has 0 radical (unpaired) electrons. The topological polar surface area (TPSA) is 92.3 Å². The number of nitrogens with one attached hydrogen (secondary N) is 1. The van der Waals surface area contributed by atoms with Crippen LogP contribution in [0.3, 0.4) is 0 Å². The number of benzene rings is 1. The maximum absolute atomic E-state index is 12.8. The van der Waals surface area contributed by atoms with Gasteiger partial charge < -0.3 is 4.90 Å². The van der Waals surface area contributed by atoms with Crippen molar-refractivity contribution in [1.29, 1.82) is 0 Å². The molecule has 1 saturated carbocycles. The van der Waals surface area contributed by atoms with Gasteiger partial charge in [0, 0.05) is 25.6 Å². The first-order chi connectivity index (χ1) is 14.0. The number of hydrogen-bond donors (Lipinski definition) is 1. The van der Waals surface area contributed by atoms with Gasteiger partial charge in [0.25, 0.3) is 0 Å². The van der Waals surface area contributed by atoms with Gasteiger partial charge in [-0.1, -0.05) is 19.4 Å². The first-order valence-electron chi connectivity index (χ1n) is 10.5. The van der Waals surface area contributed by atoms with E-state index in [1.807, 2.05) is 11.8 Å². The van der Waals surface area contributed by atoms with E-state index in [0.717, 1.165) is 63.3 Å². The van der Waals surface area contributed by atoms with E-state index >= 15 is 0 Å². The zero-order valence-electron chi connectivity index (χ0n) is 17.1. The maximum atomic E-state index is 12.8. The van der Waals surface area contributed by atoms with Crippen molar-refractivity contribution in [2.24, 2.45) is 11.8 Å². The smallest absolute Gasteiger partial charge is 0.242 e. The second-order valence-electron chi connectivity index (χ2n) is 7.73. The van der Waals surface area contributed by atoms with Crippen molar-refractivity contribution in [2.75, 3.05) is 19.6 Å². The highest BCUT2D eigenvalue weighted by atomic mass is 32.2. The number of amides is 1. The average Bonchev–Trinajstić information content (AvgIpc) is 3.22. The van der Waals surface area contributed by atoms with Crippen LogP contribution in [0.5, 0.6) is 0 Å². The summed E-state index contributed by atoms with van der Waals surface area (Å²) < 4.78 is 36.5. The molecule has 0 bridgehead atoms. The summed E-state index contributed by atoms with van der Waals surface area (Å²) in [5, 5.41) is 0. The van der Waals surface area contributed by atoms with Gasteiger partial charge in [0.15, 0.2) is 0 Å². The predicted octanol–water partition coefficient (Wildman–Crippen LogP) is 3.42. The minimum Gasteiger partial charge on any atom is -0.343 e. The zero-order chi connectivity index (χ0) is 20.9. The van der Waals surface area contributed by atoms with Gasteiger partial charge in [-0.15, -0.1) is 0 Å². The van der Waals surface area contributed by atoms with E-state index < -0.39 is 10.0 Å². The summed E-state index contributed by atoms with van der Waals surface area (Å²) >= 11 is 1.01. The largest absolute Gasteiger partial charge is 0.343 e. The van der Waals surface area contributed by atoms with Crippen LogP contribution >= 0.6 is 11.7 Å². The molecular weight excluding hydrogens is 408 g/mol. The molecule has 0 atom stereocenters. The Hall–Kier alpha value is -1.58. The van der Waals surface area contributed by atoms with E-state index in [0.29, 0.717) is 17.6 Å². The van der Waals surface area contributed by atoms with Gasteiger partial charge in [0.05, 0.1) is 11.7 Å². The molecule has 0 saturated heterocycles. The number of fused-ring (bicyclic) bond motifs is 1. The van der Waals surface area contributed by atoms with Gasteiger partial charge in [-0.05, 0) is 57.1 Å². The molecule has 29 heavy (non-hydrogen) atoms. The molecule has 1 fully saturated rings. The molecule has 0 spiro atoms. The molecule has 1 aromatic carbocycles. The van der Waals surface area contributed by atoms with Crippen molar-refractivity contribution in [3.05, 3.63) is 18.2 Å². The quantitative estimate of drug-likeness (QED) is 0.648. The van der Waals surface area contributed by atoms with E-state index in [-0.39, 0.29) is 22.6 Å². The number of unbranched alkanes of at least 4 members (excludes halogenated alkanes) is 1. The fraction of sp³-hybridized carbons (Fsp3) is 0.650. The summed E-state index contributed by atoms with van der Waals surface area (Å²) in [5.41, 5.74) is 1.02. The molecule has 1 N–H and O–H groups in total. The second-order valence-corrected chi connectivity index (χ2v) is 9.99. The second kappa shape index (κ2) is 9.95. The monoisotopic (exact) mass is 438 g/mol. The Balaban J connectivity index is 1.53. The number of aromatic nitrogens is 2. The van der Waals surface area contributed by atoms with Crippen LogP contribution in [0.1, 0.15) is 52.4 Å². The molecule has 7 nitrogen and oxygen atoms in total. The summed E-state index contributed by atoms with van der Waals surface area (Å²) in [6, 6.07) is 5.01. The average molecular weight is 439 g/mol. The van der Waals surface area contributed by atoms with Gasteiger partial charge in [-0.2, -0.15) is 8.75 Å². The van der Waals surface area contributed by atoms with Crippen LogP contribution in [-0.4, -0.2) is 47.6 Å². The third-order valence-electron chi connectivity index (χ3n) is 5.77. The van der Waals surface area contributed by atoms with E-state index in [1.54, 1.807) is 18.2 Å². The van der Waals surface area contributed by atoms with Crippen molar-refractivity contribution in [1.82, 2.24) is 18.4 Å². The SMILES string of the molecule is CCCCN(CC)C(=O)C1CCC(CNS(=O)(=O)c2cccc3nsnc23)CC1. The Morgan fingerprint density at radius 3 is 2.66 bits per heavy atom. The Bertz CT molecular complexity index is 921. The molecule has 9 heteroatoms. The van der Waals surface area contributed by atoms with Crippen LogP contribution in [0.15, 0.2) is 23.1 Å². The number of carbonyl (C=O) groups is 1. The lowest BCUT2D eigenvalue weighted by Crippen LogP contribution is -2.39. The predicted molar refractivity (Wildman–Crippen MR) is 115 cm³/mol. The van der Waals surface area contributed by atoms with Gasteiger partial charge in [0.2, 0.25) is 15.9 Å². The zero-order valence-corrected chi connectivity index (χ0v) is 18.8. The number of nitrogens with zero attached hydrogens (tertiary/aromatic N) is 3. The van der Waals surface area contributed by atoms with E-state index in [9.17, 15) is 13.2 Å². The molecule has 0 unspecified atom stereocenters. The van der Waals surface area contributed by atoms with Crippen molar-refractivity contribution in [2.45, 2.75) is 57.3 Å². The lowest BCUT2D eigenvalue weighted by atomic mass is 9.81. The van der Waals surface area contributed by atoms with Crippen LogP contribution in [0, 0.1) is 11.8 Å². The Morgan fingerprint density at radius 2 is 1.97 bits per heavy atom. The highest BCUT2D eigenvalue weighted by Crippen LogP contribution is 2.30. The number of rotatable bonds is 9. The van der Waals surface area contributed by atoms with Crippen molar-refractivity contribution in [3.63, 3.8) is 0 Å². The van der Waals surface area contributed by atoms with Crippen molar-refractivity contribution < 1.29 is 13.2 Å². The first-order valence-corrected chi connectivity index (χ1v) is 12.7. The van der Waals surface area contributed by atoms with Crippen LogP contribution in [0.4, 0.5) is 0 Å². The minimum absolute atomic E-state index is 0.0782. The summed E-state index contributed by atoms with van der Waals surface area (Å²) in [4.78, 5) is 14.9. The van der Waals surface area contributed by atoms with Gasteiger partial charge in [-0.25, -0.2) is 13.1 Å². The van der Waals surface area contributed by atoms with Gasteiger partial charge in [-0.3, -0.25) is 4.79 Å². The number of carbonyl (C=O) groups excluding carboxylic acids is 1. The van der Waals surface area contributed by atoms with Crippen LogP contribution in [-0.2, 0) is 14.8 Å². The molecule has 0 aliphatic heterocycles. The molecular formula is C20H30N4O3S2. The lowest BCUT2D eigenvalue weighted by Gasteiger charge is -2.31. The van der Waals surface area contributed by atoms with E-state index in [1.165, 1.54) is 0 Å². The number of sulfonamides is 1. The molecule has 2 aromatic rings. The summed E-state index contributed by atoms with van der Waals surface area (Å²) in [6.07, 6.45) is 5.53. The van der Waals surface area contributed by atoms with E-state index in [2.05, 4.69) is 20.4 Å². The first kappa shape index (κ1) is 22.1. The Labute approximate surface area is 177 Å². The van der Waals surface area contributed by atoms with Crippen molar-refractivity contribution >= 4 is 38.7 Å². The maximum Gasteiger partial charge on any atom is 0.242 e. The fourth-order valence-corrected chi connectivity index (χ4v) is 5.83. The normalized spacial score (nSPS) is 20.1. The molecule has 160 valence electrons. The van der Waals surface area contributed by atoms with Crippen LogP contribution in [0.2, 0.25) is 0 Å². The molecule has 1 aliphatic rings. The summed E-state index contributed by atoms with van der Waals surface area (Å²) in [6.45, 7) is 6.16. The van der Waals surface area contributed by atoms with Crippen molar-refractivity contribution in [3.8, 4) is 0 Å². The Kier molecular flexibility index (Phi) is 7.59. The van der Waals surface area contributed by atoms with Crippen LogP contribution < -0.4 is 4.72 Å². The standard InChI is InChI=1S/C20H30N4O3S2/c1-3-5-13-24(4-2)20(25)16-11-9-15(10-12-16)14-21-29(26,27)18-8-6-7-17-19(18)23-28-22-17/h6-8,15-16,21H,3-5,9-14H2,1-2H3. The van der Waals surface area contributed by atoms with E-state index in [4.69, 9.17) is 0 Å². The highest BCUT2D eigenvalue weighted by Gasteiger charge is 2.30. The Morgan fingerprint density at radius 1 is 1.21 bits per heavy atom. The molecule has 1 heterocycles. The molecule has 1 aromatic heterocycles. The molecule has 1 amide bonds.